The Kier molecular flexibility index (Phi) is 3.58. The maximum absolute atomic E-state index is 12.5. The number of nitrogens with one attached hydrogen (secondary N) is 1. The van der Waals surface area contributed by atoms with Gasteiger partial charge in [-0.2, -0.15) is 5.26 Å². The van der Waals surface area contributed by atoms with Gasteiger partial charge in [0, 0.05) is 12.7 Å². The van der Waals surface area contributed by atoms with Crippen LogP contribution in [-0.2, 0) is 6.54 Å². The fourth-order valence-corrected chi connectivity index (χ4v) is 2.36. The third-order valence-electron chi connectivity index (χ3n) is 3.43. The number of carbonyl (C=O) groups excluding carboxylic acids is 1. The van der Waals surface area contributed by atoms with Gasteiger partial charge in [-0.3, -0.25) is 9.20 Å². The summed E-state index contributed by atoms with van der Waals surface area (Å²) in [5.41, 5.74) is 3.27. The first kappa shape index (κ1) is 13.8. The van der Waals surface area contributed by atoms with Crippen LogP contribution in [0, 0.1) is 18.3 Å². The molecule has 0 atom stereocenters. The molecule has 5 nitrogen and oxygen atoms in total. The van der Waals surface area contributed by atoms with E-state index in [2.05, 4.69) is 16.4 Å². The summed E-state index contributed by atoms with van der Waals surface area (Å²) in [7, 11) is 0. The highest BCUT2D eigenvalue weighted by molar-refractivity contribution is 5.94. The first-order valence-corrected chi connectivity index (χ1v) is 6.90. The van der Waals surface area contributed by atoms with Crippen LogP contribution < -0.4 is 5.32 Å². The lowest BCUT2D eigenvalue weighted by Crippen LogP contribution is -2.25. The van der Waals surface area contributed by atoms with E-state index in [1.165, 1.54) is 0 Å². The van der Waals surface area contributed by atoms with Crippen molar-refractivity contribution in [1.29, 1.82) is 5.26 Å². The highest BCUT2D eigenvalue weighted by atomic mass is 16.1. The van der Waals surface area contributed by atoms with E-state index in [0.29, 0.717) is 29.1 Å². The molecule has 3 rings (SSSR count). The van der Waals surface area contributed by atoms with Crippen LogP contribution in [0.1, 0.15) is 27.3 Å². The number of carbonyl (C=O) groups is 1. The molecule has 0 aliphatic rings. The fourth-order valence-electron chi connectivity index (χ4n) is 2.36. The lowest BCUT2D eigenvalue weighted by atomic mass is 10.2. The molecule has 0 bridgehead atoms. The monoisotopic (exact) mass is 290 g/mol. The number of aromatic nitrogens is 2. The van der Waals surface area contributed by atoms with Crippen LogP contribution in [0.2, 0.25) is 0 Å². The molecule has 108 valence electrons. The van der Waals surface area contributed by atoms with Crippen LogP contribution in [0.4, 0.5) is 0 Å². The van der Waals surface area contributed by atoms with Crippen LogP contribution >= 0.6 is 0 Å². The van der Waals surface area contributed by atoms with Crippen molar-refractivity contribution in [2.45, 2.75) is 13.5 Å². The molecule has 1 aromatic carbocycles. The molecule has 0 spiro atoms. The van der Waals surface area contributed by atoms with Crippen molar-refractivity contribution in [2.75, 3.05) is 0 Å². The third kappa shape index (κ3) is 2.54. The van der Waals surface area contributed by atoms with Gasteiger partial charge in [-0.1, -0.05) is 30.3 Å². The van der Waals surface area contributed by atoms with Gasteiger partial charge in [0.05, 0.1) is 11.3 Å². The quantitative estimate of drug-likeness (QED) is 0.805. The van der Waals surface area contributed by atoms with Crippen LogP contribution in [0.15, 0.2) is 48.7 Å². The van der Waals surface area contributed by atoms with E-state index in [4.69, 9.17) is 5.26 Å². The number of pyridine rings is 1. The number of nitrogens with zero attached hydrogens (tertiary/aromatic N) is 3. The number of amides is 1. The Morgan fingerprint density at radius 2 is 2.05 bits per heavy atom. The van der Waals surface area contributed by atoms with Crippen molar-refractivity contribution in [3.05, 3.63) is 71.2 Å². The second kappa shape index (κ2) is 5.70. The van der Waals surface area contributed by atoms with E-state index in [1.807, 2.05) is 30.3 Å². The molecule has 0 saturated carbocycles. The summed E-state index contributed by atoms with van der Waals surface area (Å²) in [6, 6.07) is 15.2. The Morgan fingerprint density at radius 1 is 1.27 bits per heavy atom. The topological polar surface area (TPSA) is 70.2 Å². The van der Waals surface area contributed by atoms with Crippen molar-refractivity contribution in [3.63, 3.8) is 0 Å². The Balaban J connectivity index is 1.90. The van der Waals surface area contributed by atoms with Crippen molar-refractivity contribution >= 4 is 11.6 Å². The van der Waals surface area contributed by atoms with Gasteiger partial charge in [-0.05, 0) is 24.6 Å². The van der Waals surface area contributed by atoms with E-state index in [0.717, 1.165) is 5.56 Å². The second-order valence-electron chi connectivity index (χ2n) is 4.97. The van der Waals surface area contributed by atoms with Gasteiger partial charge < -0.3 is 5.32 Å². The molecule has 0 aliphatic heterocycles. The number of aryl methyl sites for hydroxylation is 1. The summed E-state index contributed by atoms with van der Waals surface area (Å²) in [6.45, 7) is 2.24. The Hall–Kier alpha value is -3.13. The zero-order valence-corrected chi connectivity index (χ0v) is 12.1. The number of hydrogen-bond donors (Lipinski definition) is 1. The number of imidazole rings is 1. The van der Waals surface area contributed by atoms with Crippen LogP contribution in [0.25, 0.3) is 5.65 Å². The summed E-state index contributed by atoms with van der Waals surface area (Å²) in [5.74, 6) is -0.205. The molecule has 0 unspecified atom stereocenters. The smallest absolute Gasteiger partial charge is 0.270 e. The number of benzene rings is 1. The highest BCUT2D eigenvalue weighted by Crippen LogP contribution is 2.13. The summed E-state index contributed by atoms with van der Waals surface area (Å²) < 4.78 is 1.66. The zero-order chi connectivity index (χ0) is 15.5. The largest absolute Gasteiger partial charge is 0.347 e. The van der Waals surface area contributed by atoms with Gasteiger partial charge in [-0.15, -0.1) is 0 Å². The minimum Gasteiger partial charge on any atom is -0.347 e. The highest BCUT2D eigenvalue weighted by Gasteiger charge is 2.16. The molecule has 1 N–H and O–H groups in total. The van der Waals surface area contributed by atoms with Crippen molar-refractivity contribution in [3.8, 4) is 6.07 Å². The molecule has 0 aliphatic carbocycles. The normalized spacial score (nSPS) is 10.4. The number of nitriles is 1. The van der Waals surface area contributed by atoms with E-state index >= 15 is 0 Å². The lowest BCUT2D eigenvalue weighted by molar-refractivity contribution is 0.0944. The number of fused-ring (bicyclic) bond motifs is 1. The zero-order valence-electron chi connectivity index (χ0n) is 12.1. The predicted molar refractivity (Wildman–Crippen MR) is 82.3 cm³/mol. The summed E-state index contributed by atoms with van der Waals surface area (Å²) >= 11 is 0. The van der Waals surface area contributed by atoms with Gasteiger partial charge in [-0.25, -0.2) is 4.98 Å². The minimum absolute atomic E-state index is 0.205. The Bertz CT molecular complexity index is 875. The average molecular weight is 290 g/mol. The van der Waals surface area contributed by atoms with Crippen molar-refractivity contribution in [1.82, 2.24) is 14.7 Å². The summed E-state index contributed by atoms with van der Waals surface area (Å²) in [4.78, 5) is 16.8. The van der Waals surface area contributed by atoms with E-state index in [1.54, 1.807) is 29.7 Å². The molecule has 0 fully saturated rings. The predicted octanol–water partition coefficient (Wildman–Crippen LogP) is 2.44. The SMILES string of the molecule is Cc1nc2ccc(C#N)cn2c1C(=O)NCc1ccccc1. The van der Waals surface area contributed by atoms with Gasteiger partial charge in [0.2, 0.25) is 0 Å². The van der Waals surface area contributed by atoms with Gasteiger partial charge >= 0.3 is 0 Å². The van der Waals surface area contributed by atoms with E-state index in [9.17, 15) is 4.79 Å². The average Bonchev–Trinajstić information content (AvgIpc) is 2.88. The van der Waals surface area contributed by atoms with Gasteiger partial charge in [0.15, 0.2) is 0 Å². The van der Waals surface area contributed by atoms with Crippen LogP contribution in [0.5, 0.6) is 0 Å². The summed E-state index contributed by atoms with van der Waals surface area (Å²) in [6.07, 6.45) is 1.63. The molecule has 0 radical (unpaired) electrons. The fraction of sp³-hybridized carbons (Fsp3) is 0.118. The third-order valence-corrected chi connectivity index (χ3v) is 3.43. The summed E-state index contributed by atoms with van der Waals surface area (Å²) in [5, 5.41) is 11.9. The van der Waals surface area contributed by atoms with Crippen molar-refractivity contribution in [2.24, 2.45) is 0 Å². The minimum atomic E-state index is -0.205. The van der Waals surface area contributed by atoms with Gasteiger partial charge in [0.25, 0.3) is 5.91 Å². The molecular formula is C17H14N4O. The van der Waals surface area contributed by atoms with E-state index < -0.39 is 0 Å². The Morgan fingerprint density at radius 3 is 2.77 bits per heavy atom. The Labute approximate surface area is 127 Å². The molecular weight excluding hydrogens is 276 g/mol. The van der Waals surface area contributed by atoms with E-state index in [-0.39, 0.29) is 5.91 Å². The van der Waals surface area contributed by atoms with Crippen LogP contribution in [-0.4, -0.2) is 15.3 Å². The molecule has 1 amide bonds. The molecule has 3 aromatic rings. The first-order chi connectivity index (χ1) is 10.7. The number of hydrogen-bond acceptors (Lipinski definition) is 3. The standard InChI is InChI=1S/C17H14N4O/c1-12-16(17(22)19-10-13-5-3-2-4-6-13)21-11-14(9-18)7-8-15(21)20-12/h2-8,11H,10H2,1H3,(H,19,22). The molecule has 22 heavy (non-hydrogen) atoms. The molecule has 5 heteroatoms. The maximum atomic E-state index is 12.5. The molecule has 2 aromatic heterocycles. The van der Waals surface area contributed by atoms with Crippen LogP contribution in [0.3, 0.4) is 0 Å². The lowest BCUT2D eigenvalue weighted by Gasteiger charge is -2.06. The van der Waals surface area contributed by atoms with Gasteiger partial charge in [0.1, 0.15) is 17.4 Å². The molecule has 2 heterocycles. The number of rotatable bonds is 3. The van der Waals surface area contributed by atoms with Crippen molar-refractivity contribution < 1.29 is 4.79 Å². The first-order valence-electron chi connectivity index (χ1n) is 6.90. The molecule has 0 saturated heterocycles. The second-order valence-corrected chi connectivity index (χ2v) is 4.97. The maximum Gasteiger partial charge on any atom is 0.270 e.